The molecule has 0 amide bonds. The van der Waals surface area contributed by atoms with Gasteiger partial charge in [0.05, 0.1) is 0 Å². The zero-order valence-corrected chi connectivity index (χ0v) is 12.5. The van der Waals surface area contributed by atoms with E-state index in [0.29, 0.717) is 0 Å². The number of benzene rings is 1. The van der Waals surface area contributed by atoms with Gasteiger partial charge in [-0.2, -0.15) is 0 Å². The van der Waals surface area contributed by atoms with E-state index in [1.807, 2.05) is 13.0 Å². The Kier molecular flexibility index (Phi) is 4.61. The van der Waals surface area contributed by atoms with Gasteiger partial charge in [-0.1, -0.05) is 36.9 Å². The maximum absolute atomic E-state index is 6.17. The average molecular weight is 272 g/mol. The first kappa shape index (κ1) is 14.1. The molecule has 0 spiro atoms. The second-order valence-corrected chi connectivity index (χ2v) is 5.84. The van der Waals surface area contributed by atoms with E-state index < -0.39 is 0 Å². The highest BCUT2D eigenvalue weighted by Crippen LogP contribution is 2.32. The number of pyridine rings is 1. The van der Waals surface area contributed by atoms with Crippen LogP contribution in [0.2, 0.25) is 0 Å². The van der Waals surface area contributed by atoms with Crippen LogP contribution >= 0.6 is 11.8 Å². The van der Waals surface area contributed by atoms with E-state index >= 15 is 0 Å². The molecule has 0 fully saturated rings. The Morgan fingerprint density at radius 3 is 2.63 bits per heavy atom. The number of nitrogens with two attached hydrogens (primary N) is 1. The SMILES string of the molecule is CCC(N)c1ccccc1Sc1cc(C)cc(C)n1. The lowest BCUT2D eigenvalue weighted by Crippen LogP contribution is -2.09. The Morgan fingerprint density at radius 1 is 1.21 bits per heavy atom. The van der Waals surface area contributed by atoms with Crippen molar-refractivity contribution in [3.63, 3.8) is 0 Å². The molecule has 0 aliphatic rings. The van der Waals surface area contributed by atoms with E-state index in [1.165, 1.54) is 16.0 Å². The van der Waals surface area contributed by atoms with Crippen LogP contribution in [0.4, 0.5) is 0 Å². The van der Waals surface area contributed by atoms with Crippen molar-refractivity contribution in [1.82, 2.24) is 4.98 Å². The summed E-state index contributed by atoms with van der Waals surface area (Å²) in [5, 5.41) is 1.04. The summed E-state index contributed by atoms with van der Waals surface area (Å²) >= 11 is 1.70. The fourth-order valence-electron chi connectivity index (χ4n) is 2.07. The van der Waals surface area contributed by atoms with E-state index in [-0.39, 0.29) is 6.04 Å². The fraction of sp³-hybridized carbons (Fsp3) is 0.312. The van der Waals surface area contributed by atoms with Gasteiger partial charge in [0.1, 0.15) is 5.03 Å². The van der Waals surface area contributed by atoms with Crippen LogP contribution in [0.1, 0.15) is 36.2 Å². The summed E-state index contributed by atoms with van der Waals surface area (Å²) in [5.74, 6) is 0. The maximum Gasteiger partial charge on any atom is 0.101 e. The van der Waals surface area contributed by atoms with Crippen molar-refractivity contribution in [2.75, 3.05) is 0 Å². The largest absolute Gasteiger partial charge is 0.324 e. The Bertz CT molecular complexity index is 546. The van der Waals surface area contributed by atoms with Gasteiger partial charge in [0.2, 0.25) is 0 Å². The smallest absolute Gasteiger partial charge is 0.101 e. The Morgan fingerprint density at radius 2 is 1.95 bits per heavy atom. The molecule has 1 heterocycles. The van der Waals surface area contributed by atoms with Crippen LogP contribution in [0.5, 0.6) is 0 Å². The van der Waals surface area contributed by atoms with Gasteiger partial charge in [0.15, 0.2) is 0 Å². The lowest BCUT2D eigenvalue weighted by Gasteiger charge is -2.14. The first-order valence-electron chi connectivity index (χ1n) is 6.57. The van der Waals surface area contributed by atoms with Crippen LogP contribution in [0, 0.1) is 13.8 Å². The standard InChI is InChI=1S/C16H20N2S/c1-4-14(17)13-7-5-6-8-15(13)19-16-10-11(2)9-12(3)18-16/h5-10,14H,4,17H2,1-3H3. The molecule has 0 aliphatic heterocycles. The first-order valence-corrected chi connectivity index (χ1v) is 7.39. The van der Waals surface area contributed by atoms with Crippen LogP contribution in [-0.2, 0) is 0 Å². The van der Waals surface area contributed by atoms with Gasteiger partial charge in [-0.25, -0.2) is 4.98 Å². The topological polar surface area (TPSA) is 38.9 Å². The predicted molar refractivity (Wildman–Crippen MR) is 81.5 cm³/mol. The van der Waals surface area contributed by atoms with E-state index in [2.05, 4.69) is 49.2 Å². The van der Waals surface area contributed by atoms with Gasteiger partial charge in [0, 0.05) is 16.6 Å². The molecule has 3 heteroatoms. The van der Waals surface area contributed by atoms with Gasteiger partial charge < -0.3 is 5.73 Å². The molecule has 2 aromatic rings. The highest BCUT2D eigenvalue weighted by molar-refractivity contribution is 7.99. The van der Waals surface area contributed by atoms with E-state index in [1.54, 1.807) is 11.8 Å². The number of hydrogen-bond acceptors (Lipinski definition) is 3. The van der Waals surface area contributed by atoms with Crippen molar-refractivity contribution in [2.45, 2.75) is 43.2 Å². The van der Waals surface area contributed by atoms with Crippen LogP contribution in [0.15, 0.2) is 46.3 Å². The predicted octanol–water partition coefficient (Wildman–Crippen LogP) is 4.26. The zero-order chi connectivity index (χ0) is 13.8. The van der Waals surface area contributed by atoms with E-state index in [4.69, 9.17) is 5.73 Å². The van der Waals surface area contributed by atoms with Crippen molar-refractivity contribution in [3.05, 3.63) is 53.2 Å². The third-order valence-corrected chi connectivity index (χ3v) is 4.06. The summed E-state index contributed by atoms with van der Waals surface area (Å²) in [6.45, 7) is 6.24. The molecule has 0 bridgehead atoms. The summed E-state index contributed by atoms with van der Waals surface area (Å²) in [6, 6.07) is 12.6. The van der Waals surface area contributed by atoms with Gasteiger partial charge in [-0.05, 0) is 49.6 Å². The Hall–Kier alpha value is -1.32. The molecule has 2 N–H and O–H groups in total. The molecule has 0 saturated carbocycles. The first-order chi connectivity index (χ1) is 9.10. The molecule has 0 aliphatic carbocycles. The van der Waals surface area contributed by atoms with Crippen molar-refractivity contribution in [1.29, 1.82) is 0 Å². The molecule has 19 heavy (non-hydrogen) atoms. The molecule has 2 rings (SSSR count). The van der Waals surface area contributed by atoms with Gasteiger partial charge in [0.25, 0.3) is 0 Å². The zero-order valence-electron chi connectivity index (χ0n) is 11.7. The van der Waals surface area contributed by atoms with Crippen LogP contribution in [-0.4, -0.2) is 4.98 Å². The number of rotatable bonds is 4. The number of nitrogens with zero attached hydrogens (tertiary/aromatic N) is 1. The summed E-state index contributed by atoms with van der Waals surface area (Å²) in [7, 11) is 0. The van der Waals surface area contributed by atoms with Crippen LogP contribution in [0.3, 0.4) is 0 Å². The lowest BCUT2D eigenvalue weighted by atomic mass is 10.1. The normalized spacial score (nSPS) is 12.4. The van der Waals surface area contributed by atoms with Gasteiger partial charge in [-0.15, -0.1) is 0 Å². The summed E-state index contributed by atoms with van der Waals surface area (Å²) in [6.07, 6.45) is 0.942. The minimum absolute atomic E-state index is 0.0922. The third kappa shape index (κ3) is 3.58. The minimum Gasteiger partial charge on any atom is -0.324 e. The Balaban J connectivity index is 2.32. The molecule has 2 nitrogen and oxygen atoms in total. The average Bonchev–Trinajstić information content (AvgIpc) is 2.37. The molecule has 1 aromatic carbocycles. The molecular weight excluding hydrogens is 252 g/mol. The van der Waals surface area contributed by atoms with E-state index in [0.717, 1.165) is 17.1 Å². The van der Waals surface area contributed by atoms with Gasteiger partial charge in [-0.3, -0.25) is 0 Å². The maximum atomic E-state index is 6.17. The van der Waals surface area contributed by atoms with Crippen molar-refractivity contribution in [2.24, 2.45) is 5.73 Å². The highest BCUT2D eigenvalue weighted by atomic mass is 32.2. The fourth-order valence-corrected chi connectivity index (χ4v) is 3.21. The summed E-state index contributed by atoms with van der Waals surface area (Å²) < 4.78 is 0. The number of aromatic nitrogens is 1. The summed E-state index contributed by atoms with van der Waals surface area (Å²) in [4.78, 5) is 5.78. The quantitative estimate of drug-likeness (QED) is 0.904. The number of hydrogen-bond donors (Lipinski definition) is 1. The van der Waals surface area contributed by atoms with Gasteiger partial charge >= 0.3 is 0 Å². The molecule has 0 radical (unpaired) electrons. The van der Waals surface area contributed by atoms with Crippen molar-refractivity contribution in [3.8, 4) is 0 Å². The van der Waals surface area contributed by atoms with Crippen molar-refractivity contribution >= 4 is 11.8 Å². The molecular formula is C16H20N2S. The number of aryl methyl sites for hydroxylation is 2. The molecule has 1 unspecified atom stereocenters. The molecule has 0 saturated heterocycles. The molecule has 100 valence electrons. The monoisotopic (exact) mass is 272 g/mol. The van der Waals surface area contributed by atoms with Crippen LogP contribution < -0.4 is 5.73 Å². The van der Waals surface area contributed by atoms with Crippen molar-refractivity contribution < 1.29 is 0 Å². The third-order valence-electron chi connectivity index (χ3n) is 3.05. The van der Waals surface area contributed by atoms with Crippen LogP contribution in [0.25, 0.3) is 0 Å². The Labute approximate surface area is 119 Å². The highest BCUT2D eigenvalue weighted by Gasteiger charge is 2.10. The lowest BCUT2D eigenvalue weighted by molar-refractivity contribution is 0.685. The minimum atomic E-state index is 0.0922. The van der Waals surface area contributed by atoms with E-state index in [9.17, 15) is 0 Å². The molecule has 1 atom stereocenters. The second-order valence-electron chi connectivity index (χ2n) is 4.78. The molecule has 1 aromatic heterocycles. The summed E-state index contributed by atoms with van der Waals surface area (Å²) in [5.41, 5.74) is 9.68. The second kappa shape index (κ2) is 6.22.